The quantitative estimate of drug-likeness (QED) is 0.830. The van der Waals surface area contributed by atoms with Crippen LogP contribution in [-0.4, -0.2) is 42.8 Å². The standard InChI is InChI=1S/C15H20ClF3N2O.ClH/c16-12-4-1-3-11(15(17,18)19)14(12)13(5-2-10-22)21-8-6-20-7-9-21;/h1,3-4,13,20,22H,2,5-10H2;1H/t13-;/m1./s1. The zero-order valence-electron chi connectivity index (χ0n) is 12.6. The van der Waals surface area contributed by atoms with Crippen molar-refractivity contribution in [3.63, 3.8) is 0 Å². The molecule has 2 rings (SSSR count). The molecule has 1 heterocycles. The van der Waals surface area contributed by atoms with Gasteiger partial charge in [0.15, 0.2) is 0 Å². The topological polar surface area (TPSA) is 35.5 Å². The van der Waals surface area contributed by atoms with Gasteiger partial charge in [0.05, 0.1) is 5.56 Å². The van der Waals surface area contributed by atoms with Crippen LogP contribution >= 0.6 is 24.0 Å². The van der Waals surface area contributed by atoms with E-state index in [1.807, 2.05) is 4.90 Å². The van der Waals surface area contributed by atoms with Gasteiger partial charge >= 0.3 is 6.18 Å². The third-order valence-corrected chi connectivity index (χ3v) is 4.25. The molecular formula is C15H21Cl2F3N2O. The fraction of sp³-hybridized carbons (Fsp3) is 0.600. The number of nitrogens with one attached hydrogen (secondary N) is 1. The second-order valence-electron chi connectivity index (χ2n) is 5.37. The molecule has 0 bridgehead atoms. The number of rotatable bonds is 5. The van der Waals surface area contributed by atoms with Crippen molar-refractivity contribution in [3.05, 3.63) is 34.3 Å². The molecule has 0 radical (unpaired) electrons. The number of nitrogens with zero attached hydrogens (tertiary/aromatic N) is 1. The predicted molar refractivity (Wildman–Crippen MR) is 87.2 cm³/mol. The summed E-state index contributed by atoms with van der Waals surface area (Å²) in [4.78, 5) is 2.02. The molecule has 1 aromatic rings. The summed E-state index contributed by atoms with van der Waals surface area (Å²) < 4.78 is 40.0. The Kier molecular flexibility index (Phi) is 8.10. The molecule has 1 atom stereocenters. The van der Waals surface area contributed by atoms with E-state index in [0.717, 1.165) is 19.2 Å². The molecule has 1 aliphatic heterocycles. The second-order valence-corrected chi connectivity index (χ2v) is 5.77. The van der Waals surface area contributed by atoms with Crippen molar-refractivity contribution in [2.45, 2.75) is 25.1 Å². The Balaban J connectivity index is 0.00000264. The Morgan fingerprint density at radius 2 is 1.91 bits per heavy atom. The lowest BCUT2D eigenvalue weighted by Crippen LogP contribution is -2.45. The molecule has 2 N–H and O–H groups in total. The van der Waals surface area contributed by atoms with Gasteiger partial charge in [0, 0.05) is 49.4 Å². The fourth-order valence-corrected chi connectivity index (χ4v) is 3.21. The molecule has 0 unspecified atom stereocenters. The number of hydrogen-bond acceptors (Lipinski definition) is 3. The van der Waals surface area contributed by atoms with Gasteiger partial charge in [-0.05, 0) is 25.0 Å². The van der Waals surface area contributed by atoms with Crippen LogP contribution in [0.1, 0.15) is 30.0 Å². The van der Waals surface area contributed by atoms with Crippen LogP contribution in [0, 0.1) is 0 Å². The van der Waals surface area contributed by atoms with Gasteiger partial charge in [0.2, 0.25) is 0 Å². The zero-order valence-corrected chi connectivity index (χ0v) is 14.1. The number of benzene rings is 1. The summed E-state index contributed by atoms with van der Waals surface area (Å²) in [6.45, 7) is 2.76. The van der Waals surface area contributed by atoms with Crippen LogP contribution in [0.3, 0.4) is 0 Å². The SMILES string of the molecule is Cl.OCCC[C@H](c1c(Cl)cccc1C(F)(F)F)N1CCNCC1. The summed E-state index contributed by atoms with van der Waals surface area (Å²) in [5.74, 6) is 0. The first kappa shape index (κ1) is 20.5. The van der Waals surface area contributed by atoms with E-state index in [0.29, 0.717) is 25.9 Å². The summed E-state index contributed by atoms with van der Waals surface area (Å²) in [5, 5.41) is 12.4. The third kappa shape index (κ3) is 5.22. The molecule has 23 heavy (non-hydrogen) atoms. The average Bonchev–Trinajstić information content (AvgIpc) is 2.49. The summed E-state index contributed by atoms with van der Waals surface area (Å²) in [6, 6.07) is 3.48. The molecule has 3 nitrogen and oxygen atoms in total. The largest absolute Gasteiger partial charge is 0.416 e. The molecule has 132 valence electrons. The number of piperazine rings is 1. The van der Waals surface area contributed by atoms with Crippen molar-refractivity contribution in [1.29, 1.82) is 0 Å². The highest BCUT2D eigenvalue weighted by molar-refractivity contribution is 6.31. The van der Waals surface area contributed by atoms with E-state index in [9.17, 15) is 13.2 Å². The molecule has 0 aliphatic carbocycles. The van der Waals surface area contributed by atoms with Gasteiger partial charge in [-0.1, -0.05) is 17.7 Å². The maximum absolute atomic E-state index is 13.3. The number of hydrogen-bond donors (Lipinski definition) is 2. The smallest absolute Gasteiger partial charge is 0.396 e. The lowest BCUT2D eigenvalue weighted by molar-refractivity contribution is -0.138. The number of halogens is 5. The van der Waals surface area contributed by atoms with Crippen LogP contribution < -0.4 is 5.32 Å². The van der Waals surface area contributed by atoms with E-state index >= 15 is 0 Å². The highest BCUT2D eigenvalue weighted by Gasteiger charge is 2.37. The number of alkyl halides is 3. The number of aliphatic hydroxyl groups is 1. The third-order valence-electron chi connectivity index (χ3n) is 3.92. The molecule has 1 fully saturated rings. The summed E-state index contributed by atoms with van der Waals surface area (Å²) in [7, 11) is 0. The summed E-state index contributed by atoms with van der Waals surface area (Å²) in [6.07, 6.45) is -3.55. The zero-order chi connectivity index (χ0) is 16.2. The van der Waals surface area contributed by atoms with Gasteiger partial charge in [0.1, 0.15) is 0 Å². The minimum Gasteiger partial charge on any atom is -0.396 e. The maximum atomic E-state index is 13.3. The predicted octanol–water partition coefficient (Wildman–Crippen LogP) is 3.50. The first-order chi connectivity index (χ1) is 10.4. The van der Waals surface area contributed by atoms with Crippen LogP contribution in [0.4, 0.5) is 13.2 Å². The minimum atomic E-state index is -4.44. The molecule has 1 aliphatic rings. The molecule has 1 saturated heterocycles. The van der Waals surface area contributed by atoms with E-state index in [-0.39, 0.29) is 29.6 Å². The molecular weight excluding hydrogens is 352 g/mol. The lowest BCUT2D eigenvalue weighted by Gasteiger charge is -2.36. The molecule has 0 spiro atoms. The minimum absolute atomic E-state index is 0. The van der Waals surface area contributed by atoms with Crippen LogP contribution in [-0.2, 0) is 6.18 Å². The van der Waals surface area contributed by atoms with Crippen LogP contribution in [0.15, 0.2) is 18.2 Å². The fourth-order valence-electron chi connectivity index (χ4n) is 2.91. The van der Waals surface area contributed by atoms with Crippen molar-refractivity contribution in [3.8, 4) is 0 Å². The molecule has 8 heteroatoms. The van der Waals surface area contributed by atoms with Gasteiger partial charge in [0.25, 0.3) is 0 Å². The van der Waals surface area contributed by atoms with Crippen molar-refractivity contribution in [1.82, 2.24) is 10.2 Å². The molecule has 0 saturated carbocycles. The normalized spacial score (nSPS) is 17.6. The Hall–Kier alpha value is -0.530. The van der Waals surface area contributed by atoms with Crippen LogP contribution in [0.5, 0.6) is 0 Å². The van der Waals surface area contributed by atoms with Crippen molar-refractivity contribution < 1.29 is 18.3 Å². The van der Waals surface area contributed by atoms with Crippen molar-refractivity contribution >= 4 is 24.0 Å². The van der Waals surface area contributed by atoms with E-state index in [1.54, 1.807) is 0 Å². The van der Waals surface area contributed by atoms with E-state index < -0.39 is 17.8 Å². The summed E-state index contributed by atoms with van der Waals surface area (Å²) >= 11 is 6.12. The molecule has 1 aromatic carbocycles. The van der Waals surface area contributed by atoms with Crippen LogP contribution in [0.2, 0.25) is 5.02 Å². The highest BCUT2D eigenvalue weighted by Crippen LogP contribution is 2.41. The van der Waals surface area contributed by atoms with Gasteiger partial charge in [-0.25, -0.2) is 0 Å². The average molecular weight is 373 g/mol. The first-order valence-corrected chi connectivity index (χ1v) is 7.74. The molecule has 0 aromatic heterocycles. The summed E-state index contributed by atoms with van der Waals surface area (Å²) in [5.41, 5.74) is -0.548. The van der Waals surface area contributed by atoms with E-state index in [1.165, 1.54) is 12.1 Å². The first-order valence-electron chi connectivity index (χ1n) is 7.36. The Labute approximate surface area is 145 Å². The van der Waals surface area contributed by atoms with Gasteiger partial charge in [-0.3, -0.25) is 4.90 Å². The Bertz CT molecular complexity index is 494. The van der Waals surface area contributed by atoms with E-state index in [2.05, 4.69) is 5.32 Å². The van der Waals surface area contributed by atoms with Gasteiger partial charge in [-0.15, -0.1) is 12.4 Å². The second kappa shape index (κ2) is 9.08. The van der Waals surface area contributed by atoms with E-state index in [4.69, 9.17) is 16.7 Å². The lowest BCUT2D eigenvalue weighted by atomic mass is 9.94. The van der Waals surface area contributed by atoms with Crippen molar-refractivity contribution in [2.75, 3.05) is 32.8 Å². The number of aliphatic hydroxyl groups excluding tert-OH is 1. The maximum Gasteiger partial charge on any atom is 0.416 e. The highest BCUT2D eigenvalue weighted by atomic mass is 35.5. The Morgan fingerprint density at radius 1 is 1.26 bits per heavy atom. The monoisotopic (exact) mass is 372 g/mol. The van der Waals surface area contributed by atoms with Crippen molar-refractivity contribution in [2.24, 2.45) is 0 Å². The Morgan fingerprint density at radius 3 is 2.48 bits per heavy atom. The van der Waals surface area contributed by atoms with Crippen LogP contribution in [0.25, 0.3) is 0 Å². The van der Waals surface area contributed by atoms with Gasteiger partial charge < -0.3 is 10.4 Å². The molecule has 0 amide bonds. The van der Waals surface area contributed by atoms with Gasteiger partial charge in [-0.2, -0.15) is 13.2 Å².